The van der Waals surface area contributed by atoms with Crippen LogP contribution in [0.25, 0.3) is 0 Å². The summed E-state index contributed by atoms with van der Waals surface area (Å²) in [6, 6.07) is 17.2. The first-order valence-electron chi connectivity index (χ1n) is 10.3. The Balaban J connectivity index is 1.90. The van der Waals surface area contributed by atoms with E-state index in [1.165, 1.54) is 20.1 Å². The van der Waals surface area contributed by atoms with E-state index in [0.29, 0.717) is 16.9 Å². The van der Waals surface area contributed by atoms with Crippen LogP contribution in [0.4, 0.5) is 15.8 Å². The highest BCUT2D eigenvalue weighted by Crippen LogP contribution is 2.25. The second-order valence-corrected chi connectivity index (χ2v) is 9.09. The van der Waals surface area contributed by atoms with Crippen molar-refractivity contribution < 1.29 is 27.1 Å². The molecule has 3 N–H and O–H groups in total. The third-order valence-corrected chi connectivity index (χ3v) is 6.26. The summed E-state index contributed by atoms with van der Waals surface area (Å²) in [6.45, 7) is 1.36. The predicted octanol–water partition coefficient (Wildman–Crippen LogP) is 3.32. The molecule has 0 bridgehead atoms. The van der Waals surface area contributed by atoms with Gasteiger partial charge in [-0.3, -0.25) is 9.59 Å². The Bertz CT molecular complexity index is 1280. The fourth-order valence-corrected chi connectivity index (χ4v) is 4.63. The zero-order valence-electron chi connectivity index (χ0n) is 18.5. The Hall–Kier alpha value is -3.76. The quantitative estimate of drug-likeness (QED) is 0.430. The average molecular weight is 486 g/mol. The van der Waals surface area contributed by atoms with Crippen molar-refractivity contribution in [1.82, 2.24) is 4.72 Å². The standard InChI is InChI=1S/C24H24FN3O5S/c1-16(29)26-19-9-6-10-20(15-19)27-24(30)21(13-17-7-4-3-5-8-17)28-34(31,32)23-14-18(25)11-12-22(23)33-2/h3-12,14-15,21,28H,13H2,1-2H3,(H,26,29)(H,27,30). The fourth-order valence-electron chi connectivity index (χ4n) is 3.26. The number of carbonyl (C=O) groups excluding carboxylic acids is 2. The number of methoxy groups -OCH3 is 1. The zero-order valence-corrected chi connectivity index (χ0v) is 19.4. The summed E-state index contributed by atoms with van der Waals surface area (Å²) >= 11 is 0. The van der Waals surface area contributed by atoms with Gasteiger partial charge in [-0.05, 0) is 48.4 Å². The normalized spacial score (nSPS) is 12.0. The number of ether oxygens (including phenoxy) is 1. The highest BCUT2D eigenvalue weighted by Gasteiger charge is 2.29. The number of benzene rings is 3. The SMILES string of the molecule is COc1ccc(F)cc1S(=O)(=O)NC(Cc1ccccc1)C(=O)Nc1cccc(NC(C)=O)c1. The van der Waals surface area contributed by atoms with Gasteiger partial charge in [0.15, 0.2) is 0 Å². The lowest BCUT2D eigenvalue weighted by Crippen LogP contribution is -2.45. The Labute approximate surface area is 197 Å². The molecular weight excluding hydrogens is 461 g/mol. The van der Waals surface area contributed by atoms with Crippen molar-refractivity contribution in [2.24, 2.45) is 0 Å². The molecule has 0 saturated heterocycles. The molecule has 178 valence electrons. The highest BCUT2D eigenvalue weighted by molar-refractivity contribution is 7.89. The molecule has 0 spiro atoms. The van der Waals surface area contributed by atoms with E-state index >= 15 is 0 Å². The van der Waals surface area contributed by atoms with E-state index in [4.69, 9.17) is 4.74 Å². The molecule has 10 heteroatoms. The van der Waals surface area contributed by atoms with Gasteiger partial charge in [-0.1, -0.05) is 36.4 Å². The number of halogens is 1. The lowest BCUT2D eigenvalue weighted by atomic mass is 10.1. The summed E-state index contributed by atoms with van der Waals surface area (Å²) in [4.78, 5) is 24.0. The zero-order chi connectivity index (χ0) is 24.7. The number of carbonyl (C=O) groups is 2. The molecule has 0 saturated carbocycles. The van der Waals surface area contributed by atoms with E-state index in [9.17, 15) is 22.4 Å². The summed E-state index contributed by atoms with van der Waals surface area (Å²) in [6.07, 6.45) is 0.0366. The fraction of sp³-hybridized carbons (Fsp3) is 0.167. The molecule has 8 nitrogen and oxygen atoms in total. The van der Waals surface area contributed by atoms with Crippen LogP contribution in [0.3, 0.4) is 0 Å². The van der Waals surface area contributed by atoms with E-state index in [1.807, 2.05) is 0 Å². The molecule has 0 aliphatic heterocycles. The Morgan fingerprint density at radius 3 is 2.26 bits per heavy atom. The number of amides is 2. The molecule has 0 aromatic heterocycles. The molecule has 0 radical (unpaired) electrons. The van der Waals surface area contributed by atoms with Crippen LogP contribution in [-0.4, -0.2) is 33.4 Å². The minimum atomic E-state index is -4.34. The number of nitrogens with one attached hydrogen (secondary N) is 3. The first-order chi connectivity index (χ1) is 16.2. The first kappa shape index (κ1) is 24.9. The van der Waals surface area contributed by atoms with Crippen molar-refractivity contribution >= 4 is 33.2 Å². The van der Waals surface area contributed by atoms with Gasteiger partial charge in [0.25, 0.3) is 0 Å². The van der Waals surface area contributed by atoms with Gasteiger partial charge in [0.05, 0.1) is 7.11 Å². The van der Waals surface area contributed by atoms with Gasteiger partial charge in [0.2, 0.25) is 21.8 Å². The largest absolute Gasteiger partial charge is 0.495 e. The number of anilines is 2. The van der Waals surface area contributed by atoms with E-state index in [-0.39, 0.29) is 18.1 Å². The Kier molecular flexibility index (Phi) is 7.98. The van der Waals surface area contributed by atoms with Crippen LogP contribution in [0.2, 0.25) is 0 Å². The molecule has 34 heavy (non-hydrogen) atoms. The molecule has 3 rings (SSSR count). The van der Waals surface area contributed by atoms with Crippen LogP contribution in [0.15, 0.2) is 77.7 Å². The molecule has 0 aliphatic carbocycles. The summed E-state index contributed by atoms with van der Waals surface area (Å²) in [5.41, 5.74) is 1.54. The third kappa shape index (κ3) is 6.63. The molecule has 0 heterocycles. The number of sulfonamides is 1. The van der Waals surface area contributed by atoms with Crippen molar-refractivity contribution in [1.29, 1.82) is 0 Å². The van der Waals surface area contributed by atoms with Crippen molar-refractivity contribution in [3.63, 3.8) is 0 Å². The maximum absolute atomic E-state index is 13.8. The van der Waals surface area contributed by atoms with Gasteiger partial charge in [-0.25, -0.2) is 12.8 Å². The van der Waals surface area contributed by atoms with Crippen LogP contribution in [-0.2, 0) is 26.0 Å². The minimum Gasteiger partial charge on any atom is -0.495 e. The van der Waals surface area contributed by atoms with Gasteiger partial charge in [0.1, 0.15) is 22.5 Å². The van der Waals surface area contributed by atoms with Crippen LogP contribution in [0.5, 0.6) is 5.75 Å². The first-order valence-corrected chi connectivity index (χ1v) is 11.7. The summed E-state index contributed by atoms with van der Waals surface area (Å²) in [5.74, 6) is -1.74. The second kappa shape index (κ2) is 10.9. The second-order valence-electron chi connectivity index (χ2n) is 7.41. The molecule has 1 atom stereocenters. The van der Waals surface area contributed by atoms with Gasteiger partial charge in [-0.15, -0.1) is 0 Å². The maximum atomic E-state index is 13.8. The van der Waals surface area contributed by atoms with Gasteiger partial charge >= 0.3 is 0 Å². The molecule has 3 aromatic rings. The number of rotatable bonds is 9. The topological polar surface area (TPSA) is 114 Å². The van der Waals surface area contributed by atoms with E-state index in [0.717, 1.165) is 12.1 Å². The van der Waals surface area contributed by atoms with E-state index < -0.39 is 32.7 Å². The van der Waals surface area contributed by atoms with Crippen LogP contribution >= 0.6 is 0 Å². The number of hydrogen-bond donors (Lipinski definition) is 3. The lowest BCUT2D eigenvalue weighted by molar-refractivity contribution is -0.117. The maximum Gasteiger partial charge on any atom is 0.245 e. The molecular formula is C24H24FN3O5S. The van der Waals surface area contributed by atoms with Gasteiger partial charge < -0.3 is 15.4 Å². The van der Waals surface area contributed by atoms with Gasteiger partial charge in [-0.2, -0.15) is 4.72 Å². The molecule has 2 amide bonds. The van der Waals surface area contributed by atoms with Crippen molar-refractivity contribution in [3.05, 3.63) is 84.2 Å². The van der Waals surface area contributed by atoms with Gasteiger partial charge in [0, 0.05) is 18.3 Å². The van der Waals surface area contributed by atoms with Crippen molar-refractivity contribution in [2.45, 2.75) is 24.3 Å². The monoisotopic (exact) mass is 485 g/mol. The molecule has 0 fully saturated rings. The van der Waals surface area contributed by atoms with Crippen molar-refractivity contribution in [2.75, 3.05) is 17.7 Å². The summed E-state index contributed by atoms with van der Waals surface area (Å²) < 4.78 is 47.5. The minimum absolute atomic E-state index is 0.0366. The summed E-state index contributed by atoms with van der Waals surface area (Å²) in [7, 11) is -3.07. The van der Waals surface area contributed by atoms with Crippen LogP contribution < -0.4 is 20.1 Å². The summed E-state index contributed by atoms with van der Waals surface area (Å²) in [5, 5.41) is 5.28. The van der Waals surface area contributed by atoms with Crippen LogP contribution in [0.1, 0.15) is 12.5 Å². The van der Waals surface area contributed by atoms with E-state index in [1.54, 1.807) is 54.6 Å². The smallest absolute Gasteiger partial charge is 0.245 e. The predicted molar refractivity (Wildman–Crippen MR) is 127 cm³/mol. The van der Waals surface area contributed by atoms with Crippen LogP contribution in [0, 0.1) is 5.82 Å². The third-order valence-electron chi connectivity index (χ3n) is 4.76. The highest BCUT2D eigenvalue weighted by atomic mass is 32.2. The van der Waals surface area contributed by atoms with E-state index in [2.05, 4.69) is 15.4 Å². The molecule has 3 aromatic carbocycles. The van der Waals surface area contributed by atoms with Crippen molar-refractivity contribution in [3.8, 4) is 5.75 Å². The lowest BCUT2D eigenvalue weighted by Gasteiger charge is -2.20. The molecule has 1 unspecified atom stereocenters. The Morgan fingerprint density at radius 2 is 1.62 bits per heavy atom. The number of hydrogen-bond acceptors (Lipinski definition) is 5. The average Bonchev–Trinajstić information content (AvgIpc) is 2.79. The Morgan fingerprint density at radius 1 is 0.941 bits per heavy atom. The molecule has 0 aliphatic rings.